The van der Waals surface area contributed by atoms with E-state index in [0.717, 1.165) is 17.8 Å². The first kappa shape index (κ1) is 12.9. The van der Waals surface area contributed by atoms with Gasteiger partial charge in [-0.25, -0.2) is 4.98 Å². The number of allylic oxidation sites excluding steroid dienone is 2. The number of carbonyl (C=O) groups excluding carboxylic acids is 1. The van der Waals surface area contributed by atoms with Gasteiger partial charge in [0.05, 0.1) is 6.04 Å². The summed E-state index contributed by atoms with van der Waals surface area (Å²) >= 11 is 1.70. The van der Waals surface area contributed by atoms with E-state index in [1.807, 2.05) is 13.1 Å². The molecular weight excluding hydrogens is 256 g/mol. The number of nitrogens with one attached hydrogen (secondary N) is 1. The van der Waals surface area contributed by atoms with Crippen molar-refractivity contribution in [1.29, 1.82) is 0 Å². The highest BCUT2D eigenvalue weighted by atomic mass is 32.1. The standard InChI is InChI=1S/C15H20N2OS/c1-3-12-8-16-15(19-12)9(2)17-14(18)13-7-10-4-5-11(13)6-10/h4-5,8-11,13H,3,6-7H2,1-2H3,(H,17,18)/t9-,10+,11+,13-/m1/s1. The Morgan fingerprint density at radius 3 is 2.95 bits per heavy atom. The molecule has 2 aliphatic carbocycles. The first-order valence-electron chi connectivity index (χ1n) is 7.10. The van der Waals surface area contributed by atoms with Crippen molar-refractivity contribution in [2.45, 2.75) is 39.2 Å². The Kier molecular flexibility index (Phi) is 3.44. The molecule has 4 heteroatoms. The fourth-order valence-corrected chi connectivity index (χ4v) is 4.01. The second kappa shape index (κ2) is 5.08. The van der Waals surface area contributed by atoms with Gasteiger partial charge in [-0.05, 0) is 38.0 Å². The summed E-state index contributed by atoms with van der Waals surface area (Å²) in [7, 11) is 0. The highest BCUT2D eigenvalue weighted by Gasteiger charge is 2.40. The number of hydrogen-bond donors (Lipinski definition) is 1. The number of amides is 1. The zero-order valence-corrected chi connectivity index (χ0v) is 12.2. The van der Waals surface area contributed by atoms with Gasteiger partial charge in [-0.15, -0.1) is 11.3 Å². The molecule has 1 N–H and O–H groups in total. The molecule has 4 atom stereocenters. The van der Waals surface area contributed by atoms with Gasteiger partial charge < -0.3 is 5.32 Å². The summed E-state index contributed by atoms with van der Waals surface area (Å²) in [5.74, 6) is 1.50. The Balaban J connectivity index is 1.61. The van der Waals surface area contributed by atoms with Crippen molar-refractivity contribution in [2.24, 2.45) is 17.8 Å². The molecule has 19 heavy (non-hydrogen) atoms. The third-order valence-corrected chi connectivity index (χ3v) is 5.59. The van der Waals surface area contributed by atoms with E-state index >= 15 is 0 Å². The number of aryl methyl sites for hydroxylation is 1. The Morgan fingerprint density at radius 2 is 2.37 bits per heavy atom. The van der Waals surface area contributed by atoms with E-state index in [9.17, 15) is 4.79 Å². The van der Waals surface area contributed by atoms with E-state index in [0.29, 0.717) is 11.8 Å². The number of thiazole rings is 1. The van der Waals surface area contributed by atoms with Crippen molar-refractivity contribution in [3.8, 4) is 0 Å². The van der Waals surface area contributed by atoms with Gasteiger partial charge in [-0.2, -0.15) is 0 Å². The average Bonchev–Trinajstić information content (AvgIpc) is 3.13. The lowest BCUT2D eigenvalue weighted by molar-refractivity contribution is -0.126. The van der Waals surface area contributed by atoms with Crippen LogP contribution in [0.4, 0.5) is 0 Å². The predicted octanol–water partition coefficient (Wildman–Crippen LogP) is 3.09. The van der Waals surface area contributed by atoms with E-state index < -0.39 is 0 Å². The molecule has 0 unspecified atom stereocenters. The zero-order chi connectivity index (χ0) is 13.4. The predicted molar refractivity (Wildman–Crippen MR) is 76.9 cm³/mol. The summed E-state index contributed by atoms with van der Waals surface area (Å²) in [5.41, 5.74) is 0. The minimum Gasteiger partial charge on any atom is -0.347 e. The van der Waals surface area contributed by atoms with Crippen LogP contribution in [0.5, 0.6) is 0 Å². The summed E-state index contributed by atoms with van der Waals surface area (Å²) in [6, 6.07) is 0.0286. The summed E-state index contributed by atoms with van der Waals surface area (Å²) in [6.07, 6.45) is 9.62. The molecule has 0 saturated heterocycles. The molecule has 1 heterocycles. The van der Waals surface area contributed by atoms with Gasteiger partial charge in [0.2, 0.25) is 5.91 Å². The molecule has 1 saturated carbocycles. The molecule has 0 aliphatic heterocycles. The minimum absolute atomic E-state index is 0.0286. The molecule has 2 aliphatic rings. The molecule has 1 aromatic heterocycles. The maximum Gasteiger partial charge on any atom is 0.224 e. The monoisotopic (exact) mass is 276 g/mol. The number of carbonyl (C=O) groups is 1. The first-order chi connectivity index (χ1) is 9.17. The highest BCUT2D eigenvalue weighted by Crippen LogP contribution is 2.43. The number of aromatic nitrogens is 1. The van der Waals surface area contributed by atoms with Crippen molar-refractivity contribution < 1.29 is 4.79 Å². The van der Waals surface area contributed by atoms with Crippen molar-refractivity contribution >= 4 is 17.2 Å². The number of rotatable bonds is 4. The molecule has 2 bridgehead atoms. The SMILES string of the molecule is CCc1cnc([C@@H](C)NC(=O)[C@@H]2C[C@H]3C=C[C@H]2C3)s1. The number of nitrogens with zero attached hydrogens (tertiary/aromatic N) is 1. The van der Waals surface area contributed by atoms with Crippen LogP contribution in [-0.2, 0) is 11.2 Å². The maximum atomic E-state index is 12.3. The van der Waals surface area contributed by atoms with Crippen molar-refractivity contribution in [3.63, 3.8) is 0 Å². The third kappa shape index (κ3) is 2.46. The Morgan fingerprint density at radius 1 is 1.53 bits per heavy atom. The molecule has 1 aromatic rings. The molecule has 0 spiro atoms. The molecule has 102 valence electrons. The fourth-order valence-electron chi connectivity index (χ4n) is 3.15. The third-order valence-electron chi connectivity index (χ3n) is 4.26. The van der Waals surface area contributed by atoms with Gasteiger partial charge in [-0.1, -0.05) is 19.1 Å². The summed E-state index contributed by atoms with van der Waals surface area (Å²) in [6.45, 7) is 4.15. The second-order valence-corrected chi connectivity index (χ2v) is 6.78. The lowest BCUT2D eigenvalue weighted by atomic mass is 9.92. The normalized spacial score (nSPS) is 29.7. The first-order valence-corrected chi connectivity index (χ1v) is 7.92. The molecule has 3 rings (SSSR count). The van der Waals surface area contributed by atoms with Gasteiger partial charge in [0.15, 0.2) is 0 Å². The Labute approximate surface area is 118 Å². The summed E-state index contributed by atoms with van der Waals surface area (Å²) in [4.78, 5) is 18.0. The van der Waals surface area contributed by atoms with Crippen molar-refractivity contribution in [1.82, 2.24) is 10.3 Å². The fraction of sp³-hybridized carbons (Fsp3) is 0.600. The number of fused-ring (bicyclic) bond motifs is 2. The average molecular weight is 276 g/mol. The molecule has 0 aromatic carbocycles. The largest absolute Gasteiger partial charge is 0.347 e. The van der Waals surface area contributed by atoms with Gasteiger partial charge in [0, 0.05) is 17.0 Å². The van der Waals surface area contributed by atoms with Crippen molar-refractivity contribution in [2.75, 3.05) is 0 Å². The molecule has 3 nitrogen and oxygen atoms in total. The maximum absolute atomic E-state index is 12.3. The second-order valence-electron chi connectivity index (χ2n) is 5.64. The number of hydrogen-bond acceptors (Lipinski definition) is 3. The van der Waals surface area contributed by atoms with Crippen LogP contribution in [0.15, 0.2) is 18.3 Å². The van der Waals surface area contributed by atoms with E-state index in [1.165, 1.54) is 11.3 Å². The van der Waals surface area contributed by atoms with E-state index in [2.05, 4.69) is 29.4 Å². The van der Waals surface area contributed by atoms with E-state index in [-0.39, 0.29) is 17.9 Å². The van der Waals surface area contributed by atoms with E-state index in [4.69, 9.17) is 0 Å². The van der Waals surface area contributed by atoms with Crippen LogP contribution in [0.3, 0.4) is 0 Å². The van der Waals surface area contributed by atoms with Gasteiger partial charge >= 0.3 is 0 Å². The topological polar surface area (TPSA) is 42.0 Å². The molecule has 1 fully saturated rings. The van der Waals surface area contributed by atoms with Crippen molar-refractivity contribution in [3.05, 3.63) is 28.2 Å². The highest BCUT2D eigenvalue weighted by molar-refractivity contribution is 7.11. The van der Waals surface area contributed by atoms with Crippen LogP contribution in [0.25, 0.3) is 0 Å². The van der Waals surface area contributed by atoms with Crippen LogP contribution in [0.2, 0.25) is 0 Å². The molecule has 0 radical (unpaired) electrons. The van der Waals surface area contributed by atoms with Gasteiger partial charge in [-0.3, -0.25) is 4.79 Å². The van der Waals surface area contributed by atoms with Crippen LogP contribution in [0, 0.1) is 17.8 Å². The molecule has 1 amide bonds. The lowest BCUT2D eigenvalue weighted by Crippen LogP contribution is -2.34. The van der Waals surface area contributed by atoms with E-state index in [1.54, 1.807) is 11.3 Å². The summed E-state index contributed by atoms with van der Waals surface area (Å²) in [5, 5.41) is 4.15. The van der Waals surface area contributed by atoms with Crippen LogP contribution >= 0.6 is 11.3 Å². The van der Waals surface area contributed by atoms with Gasteiger partial charge in [0.1, 0.15) is 5.01 Å². The molecular formula is C15H20N2OS. The van der Waals surface area contributed by atoms with Crippen LogP contribution in [-0.4, -0.2) is 10.9 Å². The minimum atomic E-state index is 0.0286. The summed E-state index contributed by atoms with van der Waals surface area (Å²) < 4.78 is 0. The van der Waals surface area contributed by atoms with Crippen LogP contribution in [0.1, 0.15) is 42.6 Å². The lowest BCUT2D eigenvalue weighted by Gasteiger charge is -2.20. The zero-order valence-electron chi connectivity index (χ0n) is 11.4. The Bertz CT molecular complexity index is 508. The quantitative estimate of drug-likeness (QED) is 0.859. The van der Waals surface area contributed by atoms with Crippen LogP contribution < -0.4 is 5.32 Å². The van der Waals surface area contributed by atoms with Gasteiger partial charge in [0.25, 0.3) is 0 Å². The Hall–Kier alpha value is -1.16. The smallest absolute Gasteiger partial charge is 0.224 e.